The first-order valence-corrected chi connectivity index (χ1v) is 7.97. The van der Waals surface area contributed by atoms with Crippen LogP contribution >= 0.6 is 0 Å². The maximum absolute atomic E-state index is 12.2. The molecule has 0 aliphatic carbocycles. The molecule has 1 fully saturated rings. The average Bonchev–Trinajstić information content (AvgIpc) is 2.96. The minimum Gasteiger partial charge on any atom is -0.494 e. The van der Waals surface area contributed by atoms with Gasteiger partial charge in [0.2, 0.25) is 0 Å². The third kappa shape index (κ3) is 5.00. The fourth-order valence-electron chi connectivity index (χ4n) is 2.37. The predicted molar refractivity (Wildman–Crippen MR) is 87.0 cm³/mol. The number of anilines is 1. The molecule has 3 N–H and O–H groups in total. The van der Waals surface area contributed by atoms with Gasteiger partial charge in [-0.3, -0.25) is 4.79 Å². The van der Waals surface area contributed by atoms with Crippen molar-refractivity contribution in [2.24, 2.45) is 11.7 Å². The summed E-state index contributed by atoms with van der Waals surface area (Å²) in [6, 6.07) is 7.46. The van der Waals surface area contributed by atoms with E-state index >= 15 is 0 Å². The minimum atomic E-state index is -0.404. The van der Waals surface area contributed by atoms with E-state index in [0.29, 0.717) is 19.1 Å². The lowest BCUT2D eigenvalue weighted by atomic mass is 10.1. The lowest BCUT2D eigenvalue weighted by Gasteiger charge is -2.14. The normalized spacial score (nSPS) is 21.1. The largest absolute Gasteiger partial charge is 0.494 e. The van der Waals surface area contributed by atoms with Crippen LogP contribution < -0.4 is 15.8 Å². The second-order valence-corrected chi connectivity index (χ2v) is 6.11. The molecule has 1 aromatic rings. The number of hydrogen-bond donors (Lipinski definition) is 2. The van der Waals surface area contributed by atoms with Gasteiger partial charge < -0.3 is 20.5 Å². The van der Waals surface area contributed by atoms with Crippen LogP contribution in [-0.2, 0) is 9.53 Å². The number of rotatable bonds is 7. The van der Waals surface area contributed by atoms with Gasteiger partial charge in [0.1, 0.15) is 11.9 Å². The Labute approximate surface area is 132 Å². The third-order valence-corrected chi connectivity index (χ3v) is 3.73. The molecule has 1 aromatic carbocycles. The van der Waals surface area contributed by atoms with Crippen LogP contribution in [0.3, 0.4) is 0 Å². The molecule has 1 heterocycles. The van der Waals surface area contributed by atoms with Crippen molar-refractivity contribution < 1.29 is 14.3 Å². The van der Waals surface area contributed by atoms with Crippen LogP contribution in [0.4, 0.5) is 5.69 Å². The Morgan fingerprint density at radius 1 is 1.45 bits per heavy atom. The second-order valence-electron chi connectivity index (χ2n) is 6.11. The summed E-state index contributed by atoms with van der Waals surface area (Å²) < 4.78 is 11.3. The van der Waals surface area contributed by atoms with Crippen molar-refractivity contribution in [1.29, 1.82) is 0 Å². The molecule has 2 rings (SSSR count). The SMILES string of the molecule is CC(C)CCOc1cccc(NC(=O)[C@@H]2CC[C@H](CN)O2)c1. The van der Waals surface area contributed by atoms with Crippen LogP contribution in [0, 0.1) is 5.92 Å². The summed E-state index contributed by atoms with van der Waals surface area (Å²) in [4.78, 5) is 12.2. The first-order chi connectivity index (χ1) is 10.6. The van der Waals surface area contributed by atoms with Crippen LogP contribution in [0.2, 0.25) is 0 Å². The van der Waals surface area contributed by atoms with Gasteiger partial charge in [-0.05, 0) is 37.3 Å². The Morgan fingerprint density at radius 3 is 2.95 bits per heavy atom. The Hall–Kier alpha value is -1.59. The topological polar surface area (TPSA) is 73.6 Å². The molecular formula is C17H26N2O3. The molecule has 22 heavy (non-hydrogen) atoms. The Balaban J connectivity index is 1.86. The van der Waals surface area contributed by atoms with E-state index in [-0.39, 0.29) is 12.0 Å². The van der Waals surface area contributed by atoms with Crippen LogP contribution in [-0.4, -0.2) is 31.3 Å². The number of carbonyl (C=O) groups excluding carboxylic acids is 1. The Morgan fingerprint density at radius 2 is 2.27 bits per heavy atom. The van der Waals surface area contributed by atoms with E-state index in [9.17, 15) is 4.79 Å². The molecule has 0 radical (unpaired) electrons. The first kappa shape index (κ1) is 16.8. The van der Waals surface area contributed by atoms with Gasteiger partial charge >= 0.3 is 0 Å². The monoisotopic (exact) mass is 306 g/mol. The van der Waals surface area contributed by atoms with Crippen LogP contribution in [0.5, 0.6) is 5.75 Å². The molecule has 0 saturated carbocycles. The van der Waals surface area contributed by atoms with Crippen molar-refractivity contribution >= 4 is 11.6 Å². The summed E-state index contributed by atoms with van der Waals surface area (Å²) in [6.07, 6.45) is 2.17. The maximum atomic E-state index is 12.2. The first-order valence-electron chi connectivity index (χ1n) is 7.97. The Kier molecular flexibility index (Phi) is 6.21. The van der Waals surface area contributed by atoms with Crippen LogP contribution in [0.1, 0.15) is 33.1 Å². The molecule has 1 aliphatic rings. The van der Waals surface area contributed by atoms with Crippen molar-refractivity contribution in [3.8, 4) is 5.75 Å². The highest BCUT2D eigenvalue weighted by Crippen LogP contribution is 2.22. The number of carbonyl (C=O) groups is 1. The highest BCUT2D eigenvalue weighted by Gasteiger charge is 2.29. The number of benzene rings is 1. The van der Waals surface area contributed by atoms with Gasteiger partial charge in [0.05, 0.1) is 12.7 Å². The van der Waals surface area contributed by atoms with Crippen molar-refractivity contribution in [2.75, 3.05) is 18.5 Å². The van der Waals surface area contributed by atoms with Crippen molar-refractivity contribution in [1.82, 2.24) is 0 Å². The van der Waals surface area contributed by atoms with E-state index in [0.717, 1.165) is 30.7 Å². The van der Waals surface area contributed by atoms with Gasteiger partial charge in [-0.2, -0.15) is 0 Å². The average molecular weight is 306 g/mol. The zero-order valence-corrected chi connectivity index (χ0v) is 13.4. The summed E-state index contributed by atoms with van der Waals surface area (Å²) in [5.74, 6) is 1.26. The molecule has 2 atom stereocenters. The van der Waals surface area contributed by atoms with Crippen LogP contribution in [0.25, 0.3) is 0 Å². The van der Waals surface area contributed by atoms with Gasteiger partial charge in [-0.15, -0.1) is 0 Å². The smallest absolute Gasteiger partial charge is 0.253 e. The minimum absolute atomic E-state index is 0.00134. The summed E-state index contributed by atoms with van der Waals surface area (Å²) in [7, 11) is 0. The molecule has 0 aromatic heterocycles. The molecule has 122 valence electrons. The summed E-state index contributed by atoms with van der Waals surface area (Å²) in [5, 5.41) is 2.88. The van der Waals surface area contributed by atoms with Gasteiger partial charge in [0.15, 0.2) is 0 Å². The summed E-state index contributed by atoms with van der Waals surface area (Å²) in [6.45, 7) is 5.47. The van der Waals surface area contributed by atoms with Crippen molar-refractivity contribution in [3.63, 3.8) is 0 Å². The summed E-state index contributed by atoms with van der Waals surface area (Å²) in [5.41, 5.74) is 6.29. The van der Waals surface area contributed by atoms with Gasteiger partial charge in [0.25, 0.3) is 5.91 Å². The molecular weight excluding hydrogens is 280 g/mol. The van der Waals surface area contributed by atoms with Gasteiger partial charge in [-0.1, -0.05) is 19.9 Å². The summed E-state index contributed by atoms with van der Waals surface area (Å²) >= 11 is 0. The number of amides is 1. The van der Waals surface area contributed by atoms with E-state index in [1.54, 1.807) is 0 Å². The second kappa shape index (κ2) is 8.15. The van der Waals surface area contributed by atoms with E-state index in [1.165, 1.54) is 0 Å². The molecule has 0 unspecified atom stereocenters. The number of ether oxygens (including phenoxy) is 2. The van der Waals surface area contributed by atoms with Crippen molar-refractivity contribution in [2.45, 2.75) is 45.3 Å². The number of nitrogens with two attached hydrogens (primary N) is 1. The third-order valence-electron chi connectivity index (χ3n) is 3.73. The number of hydrogen-bond acceptors (Lipinski definition) is 4. The van der Waals surface area contributed by atoms with Gasteiger partial charge in [-0.25, -0.2) is 0 Å². The van der Waals surface area contributed by atoms with Crippen molar-refractivity contribution in [3.05, 3.63) is 24.3 Å². The molecule has 1 saturated heterocycles. The lowest BCUT2D eigenvalue weighted by Crippen LogP contribution is -2.29. The Bertz CT molecular complexity index is 491. The predicted octanol–water partition coefficient (Wildman–Crippen LogP) is 2.56. The van der Waals surface area contributed by atoms with E-state index in [1.807, 2.05) is 24.3 Å². The van der Waals surface area contributed by atoms with Crippen LogP contribution in [0.15, 0.2) is 24.3 Å². The highest BCUT2D eigenvalue weighted by atomic mass is 16.5. The number of nitrogens with one attached hydrogen (secondary N) is 1. The van der Waals surface area contributed by atoms with E-state index in [2.05, 4.69) is 19.2 Å². The zero-order valence-electron chi connectivity index (χ0n) is 13.4. The molecule has 0 bridgehead atoms. The fraction of sp³-hybridized carbons (Fsp3) is 0.588. The highest BCUT2D eigenvalue weighted by molar-refractivity contribution is 5.94. The standard InChI is InChI=1S/C17H26N2O3/c1-12(2)8-9-21-14-5-3-4-13(10-14)19-17(20)16-7-6-15(11-18)22-16/h3-5,10,12,15-16H,6-9,11,18H2,1-2H3,(H,19,20)/t15-,16+/m1/s1. The molecule has 1 amide bonds. The van der Waals surface area contributed by atoms with E-state index < -0.39 is 6.10 Å². The lowest BCUT2D eigenvalue weighted by molar-refractivity contribution is -0.126. The molecule has 5 nitrogen and oxygen atoms in total. The molecule has 1 aliphatic heterocycles. The quantitative estimate of drug-likeness (QED) is 0.812. The molecule has 0 spiro atoms. The maximum Gasteiger partial charge on any atom is 0.253 e. The fourth-order valence-corrected chi connectivity index (χ4v) is 2.37. The van der Waals surface area contributed by atoms with E-state index in [4.69, 9.17) is 15.2 Å². The molecule has 5 heteroatoms. The zero-order chi connectivity index (χ0) is 15.9. The van der Waals surface area contributed by atoms with Gasteiger partial charge in [0, 0.05) is 18.3 Å².